The Labute approximate surface area is 141 Å². The molecule has 0 fully saturated rings. The van der Waals surface area contributed by atoms with Crippen molar-refractivity contribution < 1.29 is 14.3 Å². The van der Waals surface area contributed by atoms with E-state index in [0.29, 0.717) is 24.5 Å². The van der Waals surface area contributed by atoms with E-state index in [1.165, 1.54) is 0 Å². The summed E-state index contributed by atoms with van der Waals surface area (Å²) < 4.78 is 5.52. The number of carbonyl (C=O) groups excluding carboxylic acids is 2. The van der Waals surface area contributed by atoms with Gasteiger partial charge in [0.2, 0.25) is 11.8 Å². The highest BCUT2D eigenvalue weighted by atomic mass is 16.5. The third-order valence-electron chi connectivity index (χ3n) is 4.15. The van der Waals surface area contributed by atoms with E-state index in [-0.39, 0.29) is 18.2 Å². The van der Waals surface area contributed by atoms with Gasteiger partial charge in [0.05, 0.1) is 25.1 Å². The Morgan fingerprint density at radius 2 is 2.08 bits per heavy atom. The predicted octanol–water partition coefficient (Wildman–Crippen LogP) is 3.21. The first kappa shape index (κ1) is 16.1. The highest BCUT2D eigenvalue weighted by Gasteiger charge is 2.15. The van der Waals surface area contributed by atoms with Crippen LogP contribution in [0.2, 0.25) is 0 Å². The Morgan fingerprint density at radius 1 is 1.25 bits per heavy atom. The Morgan fingerprint density at radius 3 is 2.92 bits per heavy atom. The van der Waals surface area contributed by atoms with E-state index in [4.69, 9.17) is 4.74 Å². The van der Waals surface area contributed by atoms with Crippen LogP contribution in [-0.4, -0.2) is 18.4 Å². The van der Waals surface area contributed by atoms with Crippen molar-refractivity contribution in [1.82, 2.24) is 0 Å². The quantitative estimate of drug-likeness (QED) is 0.911. The van der Waals surface area contributed by atoms with Crippen LogP contribution in [0.1, 0.15) is 23.1 Å². The number of hydrogen-bond donors (Lipinski definition) is 2. The van der Waals surface area contributed by atoms with Crippen LogP contribution in [0, 0.1) is 13.8 Å². The minimum atomic E-state index is -0.0930. The number of anilines is 2. The molecule has 0 radical (unpaired) electrons. The monoisotopic (exact) mass is 324 g/mol. The van der Waals surface area contributed by atoms with E-state index in [1.54, 1.807) is 12.1 Å². The fourth-order valence-corrected chi connectivity index (χ4v) is 2.64. The van der Waals surface area contributed by atoms with Crippen molar-refractivity contribution in [3.63, 3.8) is 0 Å². The molecule has 2 aromatic carbocycles. The molecule has 0 aromatic heterocycles. The zero-order chi connectivity index (χ0) is 17.1. The summed E-state index contributed by atoms with van der Waals surface area (Å²) in [5, 5.41) is 5.75. The van der Waals surface area contributed by atoms with Gasteiger partial charge in [-0.05, 0) is 48.7 Å². The van der Waals surface area contributed by atoms with Crippen molar-refractivity contribution in [1.29, 1.82) is 0 Å². The first-order valence-electron chi connectivity index (χ1n) is 7.94. The third kappa shape index (κ3) is 3.56. The molecule has 0 spiro atoms. The largest absolute Gasteiger partial charge is 0.491 e. The van der Waals surface area contributed by atoms with Crippen LogP contribution in [0.25, 0.3) is 0 Å². The maximum absolute atomic E-state index is 12.3. The van der Waals surface area contributed by atoms with E-state index < -0.39 is 0 Å². The molecule has 5 nitrogen and oxygen atoms in total. The molecule has 0 bridgehead atoms. The van der Waals surface area contributed by atoms with Crippen LogP contribution in [0.15, 0.2) is 36.4 Å². The number of rotatable bonds is 3. The summed E-state index contributed by atoms with van der Waals surface area (Å²) in [5.41, 5.74) is 4.47. The Hall–Kier alpha value is -2.82. The molecule has 2 amide bonds. The van der Waals surface area contributed by atoms with E-state index in [0.717, 1.165) is 22.4 Å². The van der Waals surface area contributed by atoms with Gasteiger partial charge in [-0.1, -0.05) is 18.2 Å². The SMILES string of the molecule is Cc1cccc(NC(=O)Cc2ccc3c(c2)NC(=O)CCO3)c1C. The first-order valence-corrected chi connectivity index (χ1v) is 7.94. The average molecular weight is 324 g/mol. The number of amides is 2. The Kier molecular flexibility index (Phi) is 4.51. The highest BCUT2D eigenvalue weighted by molar-refractivity contribution is 5.95. The molecule has 0 saturated heterocycles. The number of nitrogens with one attached hydrogen (secondary N) is 2. The molecule has 0 aliphatic carbocycles. The zero-order valence-corrected chi connectivity index (χ0v) is 13.8. The number of fused-ring (bicyclic) bond motifs is 1. The summed E-state index contributed by atoms with van der Waals surface area (Å²) in [4.78, 5) is 23.9. The van der Waals surface area contributed by atoms with Gasteiger partial charge in [-0.25, -0.2) is 0 Å². The van der Waals surface area contributed by atoms with Crippen molar-refractivity contribution in [2.24, 2.45) is 0 Å². The van der Waals surface area contributed by atoms with Gasteiger partial charge < -0.3 is 15.4 Å². The number of benzene rings is 2. The lowest BCUT2D eigenvalue weighted by Crippen LogP contribution is -2.15. The molecule has 0 atom stereocenters. The second-order valence-corrected chi connectivity index (χ2v) is 5.95. The van der Waals surface area contributed by atoms with Gasteiger partial charge >= 0.3 is 0 Å². The fourth-order valence-electron chi connectivity index (χ4n) is 2.64. The van der Waals surface area contributed by atoms with Crippen LogP contribution >= 0.6 is 0 Å². The maximum atomic E-state index is 12.3. The van der Waals surface area contributed by atoms with Crippen molar-refractivity contribution in [3.05, 3.63) is 53.1 Å². The molecule has 2 aromatic rings. The van der Waals surface area contributed by atoms with Gasteiger partial charge in [0.15, 0.2) is 0 Å². The lowest BCUT2D eigenvalue weighted by atomic mass is 10.1. The lowest BCUT2D eigenvalue weighted by Gasteiger charge is -2.12. The summed E-state index contributed by atoms with van der Waals surface area (Å²) in [7, 11) is 0. The van der Waals surface area contributed by atoms with E-state index >= 15 is 0 Å². The topological polar surface area (TPSA) is 67.4 Å². The summed E-state index contributed by atoms with van der Waals surface area (Å²) in [6.07, 6.45) is 0.563. The standard InChI is InChI=1S/C19H20N2O3/c1-12-4-3-5-15(13(12)2)20-19(23)11-14-6-7-17-16(10-14)21-18(22)8-9-24-17/h3-7,10H,8-9,11H2,1-2H3,(H,20,23)(H,21,22). The third-order valence-corrected chi connectivity index (χ3v) is 4.15. The van der Waals surface area contributed by atoms with Gasteiger partial charge in [-0.3, -0.25) is 9.59 Å². The Bertz CT molecular complexity index is 799. The van der Waals surface area contributed by atoms with Crippen LogP contribution in [0.5, 0.6) is 5.75 Å². The van der Waals surface area contributed by atoms with Crippen molar-refractivity contribution in [2.45, 2.75) is 26.7 Å². The van der Waals surface area contributed by atoms with E-state index in [1.807, 2.05) is 38.1 Å². The summed E-state index contributed by atoms with van der Waals surface area (Å²) in [6.45, 7) is 4.37. The molecule has 5 heteroatoms. The van der Waals surface area contributed by atoms with Crippen molar-refractivity contribution in [2.75, 3.05) is 17.2 Å². The second-order valence-electron chi connectivity index (χ2n) is 5.95. The van der Waals surface area contributed by atoms with Gasteiger partial charge in [-0.15, -0.1) is 0 Å². The molecule has 3 rings (SSSR count). The molecular formula is C19H20N2O3. The second kappa shape index (κ2) is 6.74. The molecule has 24 heavy (non-hydrogen) atoms. The van der Waals surface area contributed by atoms with Gasteiger partial charge in [0.25, 0.3) is 0 Å². The fraction of sp³-hybridized carbons (Fsp3) is 0.263. The number of aryl methyl sites for hydroxylation is 1. The van der Waals surface area contributed by atoms with Crippen molar-refractivity contribution >= 4 is 23.2 Å². The number of ether oxygens (including phenoxy) is 1. The lowest BCUT2D eigenvalue weighted by molar-refractivity contribution is -0.116. The van der Waals surface area contributed by atoms with Gasteiger partial charge in [0, 0.05) is 5.69 Å². The van der Waals surface area contributed by atoms with Gasteiger partial charge in [-0.2, -0.15) is 0 Å². The minimum Gasteiger partial charge on any atom is -0.491 e. The van der Waals surface area contributed by atoms with Crippen LogP contribution in [-0.2, 0) is 16.0 Å². The highest BCUT2D eigenvalue weighted by Crippen LogP contribution is 2.28. The van der Waals surface area contributed by atoms with Crippen LogP contribution in [0.3, 0.4) is 0 Å². The molecule has 2 N–H and O–H groups in total. The molecule has 1 aliphatic heterocycles. The molecule has 1 heterocycles. The molecule has 124 valence electrons. The summed E-state index contributed by atoms with van der Waals surface area (Å²) in [6, 6.07) is 11.3. The number of hydrogen-bond acceptors (Lipinski definition) is 3. The predicted molar refractivity (Wildman–Crippen MR) is 93.4 cm³/mol. The molecular weight excluding hydrogens is 304 g/mol. The van der Waals surface area contributed by atoms with E-state index in [2.05, 4.69) is 10.6 Å². The average Bonchev–Trinajstić information content (AvgIpc) is 2.72. The van der Waals surface area contributed by atoms with E-state index in [9.17, 15) is 9.59 Å². The smallest absolute Gasteiger partial charge is 0.228 e. The van der Waals surface area contributed by atoms with Crippen LogP contribution in [0.4, 0.5) is 11.4 Å². The Balaban J connectivity index is 1.73. The summed E-state index contributed by atoms with van der Waals surface area (Å²) >= 11 is 0. The summed E-state index contributed by atoms with van der Waals surface area (Å²) in [5.74, 6) is 0.467. The number of carbonyl (C=O) groups is 2. The van der Waals surface area contributed by atoms with Gasteiger partial charge in [0.1, 0.15) is 5.75 Å². The van der Waals surface area contributed by atoms with Crippen molar-refractivity contribution in [3.8, 4) is 5.75 Å². The minimum absolute atomic E-state index is 0.0780. The first-order chi connectivity index (χ1) is 11.5. The maximum Gasteiger partial charge on any atom is 0.228 e. The van der Waals surface area contributed by atoms with Crippen LogP contribution < -0.4 is 15.4 Å². The normalized spacial score (nSPS) is 13.3. The molecule has 0 unspecified atom stereocenters. The zero-order valence-electron chi connectivity index (χ0n) is 13.8. The molecule has 0 saturated carbocycles. The molecule has 1 aliphatic rings.